The Morgan fingerprint density at radius 1 is 1.50 bits per heavy atom. The van der Waals surface area contributed by atoms with Crippen molar-refractivity contribution in [2.75, 3.05) is 32.6 Å². The maximum Gasteiger partial charge on any atom is 0.0620 e. The van der Waals surface area contributed by atoms with Gasteiger partial charge in [-0.05, 0) is 32.6 Å². The van der Waals surface area contributed by atoms with Crippen molar-refractivity contribution in [1.82, 2.24) is 10.6 Å². The summed E-state index contributed by atoms with van der Waals surface area (Å²) in [6.07, 6.45) is 4.59. The molecule has 3 nitrogen and oxygen atoms in total. The summed E-state index contributed by atoms with van der Waals surface area (Å²) in [4.78, 5) is 0. The predicted octanol–water partition coefficient (Wildman–Crippen LogP) is 1.48. The van der Waals surface area contributed by atoms with Crippen molar-refractivity contribution >= 4 is 11.8 Å². The van der Waals surface area contributed by atoms with Crippen LogP contribution in [0.15, 0.2) is 0 Å². The van der Waals surface area contributed by atoms with Gasteiger partial charge in [0.05, 0.1) is 13.2 Å². The van der Waals surface area contributed by atoms with Crippen LogP contribution in [0, 0.1) is 0 Å². The summed E-state index contributed by atoms with van der Waals surface area (Å²) in [5.74, 6) is 0. The zero-order chi connectivity index (χ0) is 11.8. The van der Waals surface area contributed by atoms with Crippen molar-refractivity contribution < 1.29 is 4.74 Å². The number of thioether (sulfide) groups is 1. The highest BCUT2D eigenvalue weighted by Crippen LogP contribution is 2.09. The number of hydrogen-bond acceptors (Lipinski definition) is 4. The maximum atomic E-state index is 5.45. The number of nitrogens with one attached hydrogen (secondary N) is 2. The zero-order valence-electron chi connectivity index (χ0n) is 10.8. The molecule has 4 heteroatoms. The minimum absolute atomic E-state index is 0.536. The molecule has 0 bridgehead atoms. The Morgan fingerprint density at radius 3 is 2.94 bits per heavy atom. The van der Waals surface area contributed by atoms with Gasteiger partial charge in [-0.2, -0.15) is 11.8 Å². The van der Waals surface area contributed by atoms with Crippen molar-refractivity contribution in [2.24, 2.45) is 0 Å². The van der Waals surface area contributed by atoms with E-state index in [1.807, 2.05) is 11.8 Å². The second kappa shape index (κ2) is 8.34. The summed E-state index contributed by atoms with van der Waals surface area (Å²) in [6, 6.07) is 1.11. The number of ether oxygens (including phenoxy) is 1. The molecule has 3 atom stereocenters. The first kappa shape index (κ1) is 14.3. The number of hydrogen-bond donors (Lipinski definition) is 2. The van der Waals surface area contributed by atoms with E-state index in [9.17, 15) is 0 Å². The van der Waals surface area contributed by atoms with Crippen LogP contribution in [0.1, 0.15) is 26.7 Å². The molecule has 1 rings (SSSR count). The minimum atomic E-state index is 0.536. The maximum absolute atomic E-state index is 5.45. The topological polar surface area (TPSA) is 33.3 Å². The van der Waals surface area contributed by atoms with Crippen LogP contribution in [-0.4, -0.2) is 49.9 Å². The average molecular weight is 246 g/mol. The minimum Gasteiger partial charge on any atom is -0.379 e. The molecule has 0 aromatic rings. The summed E-state index contributed by atoms with van der Waals surface area (Å²) in [5.41, 5.74) is 0. The Labute approximate surface area is 104 Å². The normalized spacial score (nSPS) is 25.3. The van der Waals surface area contributed by atoms with Crippen molar-refractivity contribution in [3.05, 3.63) is 0 Å². The molecule has 2 N–H and O–H groups in total. The third-order valence-electron chi connectivity index (χ3n) is 3.08. The van der Waals surface area contributed by atoms with Crippen LogP contribution in [0.4, 0.5) is 0 Å². The molecule has 3 unspecified atom stereocenters. The van der Waals surface area contributed by atoms with E-state index in [-0.39, 0.29) is 0 Å². The van der Waals surface area contributed by atoms with Crippen LogP contribution in [0.25, 0.3) is 0 Å². The van der Waals surface area contributed by atoms with Gasteiger partial charge in [0.15, 0.2) is 0 Å². The lowest BCUT2D eigenvalue weighted by Crippen LogP contribution is -2.45. The van der Waals surface area contributed by atoms with Crippen LogP contribution in [-0.2, 0) is 4.74 Å². The molecule has 0 saturated carbocycles. The molecule has 1 aliphatic heterocycles. The average Bonchev–Trinajstić information content (AvgIpc) is 2.30. The number of morpholine rings is 1. The van der Waals surface area contributed by atoms with Gasteiger partial charge in [-0.1, -0.05) is 6.92 Å². The number of rotatable bonds is 7. The fraction of sp³-hybridized carbons (Fsp3) is 1.00. The largest absolute Gasteiger partial charge is 0.379 e. The SMILES string of the molecule is CSC(C)CCNC(C)CC1COCCN1. The van der Waals surface area contributed by atoms with E-state index in [0.717, 1.165) is 38.0 Å². The first-order valence-corrected chi connectivity index (χ1v) is 7.58. The van der Waals surface area contributed by atoms with Crippen LogP contribution in [0.5, 0.6) is 0 Å². The van der Waals surface area contributed by atoms with Crippen LogP contribution < -0.4 is 10.6 Å². The highest BCUT2D eigenvalue weighted by molar-refractivity contribution is 7.99. The van der Waals surface area contributed by atoms with E-state index in [1.54, 1.807) is 0 Å². The Hall–Kier alpha value is 0.230. The Morgan fingerprint density at radius 2 is 2.31 bits per heavy atom. The molecule has 16 heavy (non-hydrogen) atoms. The zero-order valence-corrected chi connectivity index (χ0v) is 11.6. The van der Waals surface area contributed by atoms with E-state index in [4.69, 9.17) is 4.74 Å². The summed E-state index contributed by atoms with van der Waals surface area (Å²) < 4.78 is 5.45. The molecule has 0 radical (unpaired) electrons. The quantitative estimate of drug-likeness (QED) is 0.713. The van der Waals surface area contributed by atoms with Gasteiger partial charge < -0.3 is 15.4 Å². The summed E-state index contributed by atoms with van der Waals surface area (Å²) in [6.45, 7) is 8.40. The van der Waals surface area contributed by atoms with Gasteiger partial charge in [0.2, 0.25) is 0 Å². The molecule has 1 heterocycles. The molecule has 0 amide bonds. The van der Waals surface area contributed by atoms with E-state index in [2.05, 4.69) is 30.7 Å². The van der Waals surface area contributed by atoms with Gasteiger partial charge in [0.25, 0.3) is 0 Å². The second-order valence-corrected chi connectivity index (χ2v) is 5.93. The molecule has 1 saturated heterocycles. The molecular formula is C12H26N2OS. The first-order valence-electron chi connectivity index (χ1n) is 6.29. The van der Waals surface area contributed by atoms with Gasteiger partial charge in [-0.25, -0.2) is 0 Å². The van der Waals surface area contributed by atoms with Crippen molar-refractivity contribution in [1.29, 1.82) is 0 Å². The fourth-order valence-corrected chi connectivity index (χ4v) is 2.29. The third kappa shape index (κ3) is 6.09. The smallest absolute Gasteiger partial charge is 0.0620 e. The monoisotopic (exact) mass is 246 g/mol. The third-order valence-corrected chi connectivity index (χ3v) is 4.12. The first-order chi connectivity index (χ1) is 7.72. The highest BCUT2D eigenvalue weighted by atomic mass is 32.2. The summed E-state index contributed by atoms with van der Waals surface area (Å²) in [5, 5.41) is 7.84. The van der Waals surface area contributed by atoms with Gasteiger partial charge in [-0.15, -0.1) is 0 Å². The van der Waals surface area contributed by atoms with Crippen molar-refractivity contribution in [3.8, 4) is 0 Å². The highest BCUT2D eigenvalue weighted by Gasteiger charge is 2.15. The van der Waals surface area contributed by atoms with Crippen LogP contribution in [0.3, 0.4) is 0 Å². The Kier molecular flexibility index (Phi) is 7.45. The summed E-state index contributed by atoms with van der Waals surface area (Å²) >= 11 is 1.94. The molecular weight excluding hydrogens is 220 g/mol. The van der Waals surface area contributed by atoms with E-state index >= 15 is 0 Å². The molecule has 0 aromatic carbocycles. The second-order valence-electron chi connectivity index (χ2n) is 4.65. The van der Waals surface area contributed by atoms with Gasteiger partial charge in [0, 0.05) is 23.9 Å². The summed E-state index contributed by atoms with van der Waals surface area (Å²) in [7, 11) is 0. The lowest BCUT2D eigenvalue weighted by Gasteiger charge is -2.27. The molecule has 0 spiro atoms. The molecule has 1 fully saturated rings. The lowest BCUT2D eigenvalue weighted by molar-refractivity contribution is 0.0712. The van der Waals surface area contributed by atoms with E-state index in [1.165, 1.54) is 6.42 Å². The molecule has 0 aromatic heterocycles. The Balaban J connectivity index is 2.03. The van der Waals surface area contributed by atoms with Crippen LogP contribution in [0.2, 0.25) is 0 Å². The molecule has 0 aliphatic carbocycles. The van der Waals surface area contributed by atoms with Gasteiger partial charge >= 0.3 is 0 Å². The lowest BCUT2D eigenvalue weighted by atomic mass is 10.1. The van der Waals surface area contributed by atoms with Crippen LogP contribution >= 0.6 is 11.8 Å². The molecule has 1 aliphatic rings. The van der Waals surface area contributed by atoms with Crippen molar-refractivity contribution in [2.45, 2.75) is 44.0 Å². The molecule has 96 valence electrons. The van der Waals surface area contributed by atoms with E-state index < -0.39 is 0 Å². The standard InChI is InChI=1S/C12H26N2OS/c1-10(13-5-4-11(2)16-3)8-12-9-15-7-6-14-12/h10-14H,4-9H2,1-3H3. The van der Waals surface area contributed by atoms with Gasteiger partial charge in [-0.3, -0.25) is 0 Å². The Bertz CT molecular complexity index is 174. The predicted molar refractivity (Wildman–Crippen MR) is 72.3 cm³/mol. The van der Waals surface area contributed by atoms with E-state index in [0.29, 0.717) is 12.1 Å². The van der Waals surface area contributed by atoms with Gasteiger partial charge in [0.1, 0.15) is 0 Å². The van der Waals surface area contributed by atoms with Crippen molar-refractivity contribution in [3.63, 3.8) is 0 Å². The fourth-order valence-electron chi connectivity index (χ4n) is 1.93.